The molecule has 2 aromatic carbocycles. The average Bonchev–Trinajstić information content (AvgIpc) is 3.66. The molecule has 0 spiro atoms. The summed E-state index contributed by atoms with van der Waals surface area (Å²) in [5.74, 6) is 3.52. The maximum Gasteiger partial charge on any atom is 0.412 e. The Balaban J connectivity index is 0.000000200. The molecule has 49 heavy (non-hydrogen) atoms. The smallest absolute Gasteiger partial charge is 0.412 e. The van der Waals surface area contributed by atoms with Crippen molar-refractivity contribution in [3.05, 3.63) is 53.7 Å². The Kier molecular flexibility index (Phi) is 10.9. The number of carbonyl (C=O) groups excluding carboxylic acids is 2. The number of rotatable bonds is 8. The number of nitrogen functional groups attached to an aromatic ring is 1. The summed E-state index contributed by atoms with van der Waals surface area (Å²) in [7, 11) is 6.17. The largest absolute Gasteiger partial charge is 0.493 e. The van der Waals surface area contributed by atoms with E-state index in [1.807, 2.05) is 4.90 Å². The van der Waals surface area contributed by atoms with Gasteiger partial charge in [0.25, 0.3) is 5.91 Å². The lowest BCUT2D eigenvalue weighted by Crippen LogP contribution is -2.49. The number of halogens is 1. The predicted molar refractivity (Wildman–Crippen MR) is 182 cm³/mol. The number of carbonyl (C=O) groups is 2. The zero-order valence-corrected chi connectivity index (χ0v) is 28.2. The number of piperazine rings is 1. The van der Waals surface area contributed by atoms with Crippen LogP contribution in [0.2, 0.25) is 5.28 Å². The molecule has 0 atom stereocenters. The fourth-order valence-electron chi connectivity index (χ4n) is 5.06. The van der Waals surface area contributed by atoms with Gasteiger partial charge in [-0.15, -0.1) is 0 Å². The Morgan fingerprint density at radius 1 is 0.857 bits per heavy atom. The molecule has 0 aliphatic carbocycles. The molecule has 1 aliphatic rings. The van der Waals surface area contributed by atoms with Gasteiger partial charge >= 0.3 is 6.09 Å². The van der Waals surface area contributed by atoms with E-state index < -0.39 is 6.09 Å². The second-order valence-electron chi connectivity index (χ2n) is 10.3. The van der Waals surface area contributed by atoms with E-state index in [0.717, 1.165) is 0 Å². The van der Waals surface area contributed by atoms with Crippen LogP contribution in [-0.2, 0) is 4.74 Å². The highest BCUT2D eigenvalue weighted by Crippen LogP contribution is 2.35. The molecule has 5 aromatic rings. The van der Waals surface area contributed by atoms with Gasteiger partial charge < -0.3 is 43.6 Å². The van der Waals surface area contributed by atoms with Crippen LogP contribution in [0.1, 0.15) is 17.5 Å². The summed E-state index contributed by atoms with van der Waals surface area (Å²) in [5, 5.41) is 3.79. The maximum atomic E-state index is 12.4. The number of hydrogen-bond donors (Lipinski definition) is 2. The molecule has 2 amide bonds. The normalized spacial score (nSPS) is 12.6. The minimum atomic E-state index is -0.622. The van der Waals surface area contributed by atoms with Crippen LogP contribution in [0, 0.1) is 0 Å². The molecule has 6 rings (SSSR count). The van der Waals surface area contributed by atoms with Crippen molar-refractivity contribution in [1.29, 1.82) is 0 Å². The van der Waals surface area contributed by atoms with Gasteiger partial charge in [0.2, 0.25) is 11.2 Å². The third-order valence-electron chi connectivity index (χ3n) is 7.47. The van der Waals surface area contributed by atoms with Crippen molar-refractivity contribution >= 4 is 63.0 Å². The molecule has 17 heteroatoms. The lowest BCUT2D eigenvalue weighted by Gasteiger charge is -2.34. The van der Waals surface area contributed by atoms with Crippen molar-refractivity contribution in [1.82, 2.24) is 24.8 Å². The van der Waals surface area contributed by atoms with Crippen molar-refractivity contribution in [2.24, 2.45) is 0 Å². The van der Waals surface area contributed by atoms with Gasteiger partial charge in [0.1, 0.15) is 11.6 Å². The molecular formula is C32H35ClN8O8. The van der Waals surface area contributed by atoms with Gasteiger partial charge in [-0.25, -0.2) is 14.8 Å². The Labute approximate surface area is 286 Å². The number of methoxy groups -OCH3 is 4. The first-order valence-corrected chi connectivity index (χ1v) is 15.4. The fraction of sp³-hybridized carbons (Fsp3) is 0.312. The third-order valence-corrected chi connectivity index (χ3v) is 7.64. The lowest BCUT2D eigenvalue weighted by molar-refractivity contribution is 0.0714. The SMILES string of the molecule is CCOC(=O)Nc1nc(Cl)nc2cc(OC)c(OC)cc12.COc1cc2nc(N3CCN(C(=O)c4ccco4)CC3)nc(N)c2cc1OC. The summed E-state index contributed by atoms with van der Waals surface area (Å²) >= 11 is 5.87. The molecule has 1 saturated heterocycles. The van der Waals surface area contributed by atoms with Gasteiger partial charge in [0.05, 0.1) is 52.3 Å². The quantitative estimate of drug-likeness (QED) is 0.213. The number of ether oxygens (including phenoxy) is 5. The number of amides is 2. The molecule has 1 aliphatic heterocycles. The Bertz CT molecular complexity index is 1950. The second kappa shape index (κ2) is 15.4. The first-order valence-electron chi connectivity index (χ1n) is 15.0. The number of hydrogen-bond acceptors (Lipinski definition) is 14. The summed E-state index contributed by atoms with van der Waals surface area (Å²) in [4.78, 5) is 44.9. The molecule has 0 saturated carbocycles. The zero-order valence-electron chi connectivity index (χ0n) is 27.5. The standard InChI is InChI=1S/C19H21N5O4.C13H14ClN3O4/c1-26-15-10-12-13(11-16(15)27-2)21-19(22-17(12)20)24-7-5-23(6-8-24)18(25)14-4-3-9-28-14;1-4-21-13(18)17-11-7-5-9(19-2)10(20-3)6-8(7)15-12(14)16-11/h3-4,9-11H,5-8H2,1-2H3,(H2,20,21,22);5-6H,4H2,1-3H3,(H,15,16,17,18). The highest BCUT2D eigenvalue weighted by molar-refractivity contribution is 6.29. The number of nitrogens with one attached hydrogen (secondary N) is 1. The van der Waals surface area contributed by atoms with Gasteiger partial charge in [-0.3, -0.25) is 10.1 Å². The molecule has 4 heterocycles. The van der Waals surface area contributed by atoms with Gasteiger partial charge in [-0.1, -0.05) is 0 Å². The Hall–Kier alpha value is -5.77. The lowest BCUT2D eigenvalue weighted by atomic mass is 10.2. The molecule has 0 bridgehead atoms. The van der Waals surface area contributed by atoms with E-state index >= 15 is 0 Å². The van der Waals surface area contributed by atoms with Crippen molar-refractivity contribution in [3.63, 3.8) is 0 Å². The van der Waals surface area contributed by atoms with Crippen LogP contribution < -0.4 is 34.9 Å². The first-order chi connectivity index (χ1) is 23.7. The first kappa shape index (κ1) is 34.6. The number of anilines is 3. The number of furan rings is 1. The Morgan fingerprint density at radius 3 is 2.02 bits per heavy atom. The van der Waals surface area contributed by atoms with Crippen LogP contribution in [0.25, 0.3) is 21.8 Å². The van der Waals surface area contributed by atoms with E-state index in [4.69, 9.17) is 45.4 Å². The number of nitrogens with two attached hydrogens (primary N) is 1. The monoisotopic (exact) mass is 694 g/mol. The van der Waals surface area contributed by atoms with Gasteiger partial charge in [0, 0.05) is 49.1 Å². The second-order valence-corrected chi connectivity index (χ2v) is 10.6. The molecule has 16 nitrogen and oxygen atoms in total. The Morgan fingerprint density at radius 2 is 1.45 bits per heavy atom. The molecule has 3 aromatic heterocycles. The highest BCUT2D eigenvalue weighted by Gasteiger charge is 2.25. The van der Waals surface area contributed by atoms with E-state index in [0.29, 0.717) is 88.5 Å². The summed E-state index contributed by atoms with van der Waals surface area (Å²) in [6.45, 7) is 4.26. The van der Waals surface area contributed by atoms with Gasteiger partial charge in [-0.05, 0) is 42.8 Å². The van der Waals surface area contributed by atoms with Crippen LogP contribution in [0.3, 0.4) is 0 Å². The van der Waals surface area contributed by atoms with Gasteiger partial charge in [0.15, 0.2) is 28.8 Å². The summed E-state index contributed by atoms with van der Waals surface area (Å²) in [5.41, 5.74) is 7.36. The predicted octanol–water partition coefficient (Wildman–Crippen LogP) is 4.65. The number of benzene rings is 2. The zero-order chi connectivity index (χ0) is 35.1. The van der Waals surface area contributed by atoms with E-state index in [9.17, 15) is 9.59 Å². The van der Waals surface area contributed by atoms with Crippen LogP contribution in [0.5, 0.6) is 23.0 Å². The summed E-state index contributed by atoms with van der Waals surface area (Å²) in [6.07, 6.45) is 0.877. The minimum absolute atomic E-state index is 0.00141. The molecule has 3 N–H and O–H groups in total. The molecular weight excluding hydrogens is 660 g/mol. The number of aromatic nitrogens is 4. The molecule has 0 unspecified atom stereocenters. The van der Waals surface area contributed by atoms with Crippen LogP contribution in [0.15, 0.2) is 47.1 Å². The van der Waals surface area contributed by atoms with Crippen LogP contribution >= 0.6 is 11.6 Å². The minimum Gasteiger partial charge on any atom is -0.493 e. The fourth-order valence-corrected chi connectivity index (χ4v) is 5.24. The van der Waals surface area contributed by atoms with Crippen LogP contribution in [0.4, 0.5) is 22.4 Å². The topological polar surface area (TPSA) is 190 Å². The van der Waals surface area contributed by atoms with Crippen molar-refractivity contribution in [3.8, 4) is 23.0 Å². The summed E-state index contributed by atoms with van der Waals surface area (Å²) < 4.78 is 31.1. The van der Waals surface area contributed by atoms with E-state index in [1.54, 1.807) is 62.4 Å². The van der Waals surface area contributed by atoms with E-state index in [2.05, 4.69) is 25.3 Å². The highest BCUT2D eigenvalue weighted by atomic mass is 35.5. The van der Waals surface area contributed by atoms with Gasteiger partial charge in [-0.2, -0.15) is 9.97 Å². The van der Waals surface area contributed by atoms with Crippen molar-refractivity contribution in [2.75, 3.05) is 77.2 Å². The molecule has 0 radical (unpaired) electrons. The average molecular weight is 695 g/mol. The molecule has 1 fully saturated rings. The van der Waals surface area contributed by atoms with Crippen molar-refractivity contribution < 1.29 is 37.7 Å². The van der Waals surface area contributed by atoms with E-state index in [-0.39, 0.29) is 23.6 Å². The third kappa shape index (κ3) is 7.70. The van der Waals surface area contributed by atoms with Crippen LogP contribution in [-0.4, -0.2) is 98.1 Å². The number of nitrogens with zero attached hydrogens (tertiary/aromatic N) is 6. The van der Waals surface area contributed by atoms with E-state index in [1.165, 1.54) is 20.5 Å². The summed E-state index contributed by atoms with van der Waals surface area (Å²) in [6, 6.07) is 10.2. The molecule has 258 valence electrons. The van der Waals surface area contributed by atoms with Crippen molar-refractivity contribution in [2.45, 2.75) is 6.92 Å². The number of fused-ring (bicyclic) bond motifs is 2. The maximum absolute atomic E-state index is 12.4.